The van der Waals surface area contributed by atoms with Gasteiger partial charge in [0.1, 0.15) is 0 Å². The van der Waals surface area contributed by atoms with E-state index in [-0.39, 0.29) is 6.10 Å². The highest BCUT2D eigenvalue weighted by Crippen LogP contribution is 2.26. The van der Waals surface area contributed by atoms with Gasteiger partial charge in [0, 0.05) is 0 Å². The fourth-order valence-electron chi connectivity index (χ4n) is 3.04. The summed E-state index contributed by atoms with van der Waals surface area (Å²) in [5.74, 6) is 0. The van der Waals surface area contributed by atoms with Gasteiger partial charge in [-0.1, -0.05) is 76.5 Å². The zero-order valence-electron chi connectivity index (χ0n) is 13.4. The van der Waals surface area contributed by atoms with Gasteiger partial charge in [-0.25, -0.2) is 0 Å². The molecule has 0 fully saturated rings. The zero-order valence-corrected chi connectivity index (χ0v) is 13.4. The van der Waals surface area contributed by atoms with Gasteiger partial charge in [-0.15, -0.1) is 0 Å². The van der Waals surface area contributed by atoms with Gasteiger partial charge in [-0.05, 0) is 23.1 Å². The Bertz CT molecular complexity index is 414. The molecule has 0 radical (unpaired) electrons. The lowest BCUT2D eigenvalue weighted by Crippen LogP contribution is -1.99. The Morgan fingerprint density at radius 2 is 1.62 bits per heavy atom. The molecule has 1 unspecified atom stereocenters. The van der Waals surface area contributed by atoms with Crippen LogP contribution < -0.4 is 0 Å². The number of hydrogen-bond donors (Lipinski definition) is 1. The predicted octanol–water partition coefficient (Wildman–Crippen LogP) is 5.28. The third-order valence-electron chi connectivity index (χ3n) is 4.46. The molecule has 0 spiro atoms. The van der Waals surface area contributed by atoms with E-state index in [2.05, 4.69) is 25.1 Å². The van der Waals surface area contributed by atoms with E-state index in [1.165, 1.54) is 56.1 Å². The minimum absolute atomic E-state index is 0.309. The molecule has 118 valence electrons. The molecule has 0 amide bonds. The monoisotopic (exact) mass is 290 g/mol. The van der Waals surface area contributed by atoms with E-state index < -0.39 is 0 Å². The summed E-state index contributed by atoms with van der Waals surface area (Å²) in [6.07, 6.45) is 11.1. The molecule has 0 aliphatic carbocycles. The van der Waals surface area contributed by atoms with Crippen LogP contribution in [0.15, 0.2) is 18.2 Å². The molecule has 1 aromatic carbocycles. The summed E-state index contributed by atoms with van der Waals surface area (Å²) >= 11 is 0. The number of aliphatic hydroxyl groups is 1. The van der Waals surface area contributed by atoms with Gasteiger partial charge in [0.15, 0.2) is 0 Å². The van der Waals surface area contributed by atoms with Crippen LogP contribution in [0.3, 0.4) is 0 Å². The molecule has 2 rings (SSSR count). The topological polar surface area (TPSA) is 29.5 Å². The van der Waals surface area contributed by atoms with Crippen LogP contribution in [0.2, 0.25) is 0 Å². The molecule has 1 aliphatic heterocycles. The number of rotatable bonds is 10. The Labute approximate surface area is 129 Å². The Morgan fingerprint density at radius 3 is 2.38 bits per heavy atom. The second kappa shape index (κ2) is 9.22. The van der Waals surface area contributed by atoms with Gasteiger partial charge in [0.2, 0.25) is 0 Å². The summed E-state index contributed by atoms with van der Waals surface area (Å²) < 4.78 is 5.42. The van der Waals surface area contributed by atoms with Crippen molar-refractivity contribution in [1.82, 2.24) is 0 Å². The van der Waals surface area contributed by atoms with Crippen molar-refractivity contribution in [1.29, 1.82) is 0 Å². The van der Waals surface area contributed by atoms with Crippen LogP contribution in [-0.4, -0.2) is 5.11 Å². The number of hydrogen-bond acceptors (Lipinski definition) is 2. The molecule has 0 bridgehead atoms. The van der Waals surface area contributed by atoms with Crippen LogP contribution in [0.25, 0.3) is 0 Å². The standard InChI is InChI=1S/C19H30O2/c1-2-3-4-5-6-7-8-9-10-19(20)16-11-12-17-14-21-15-18(17)13-16/h11-13,19-20H,2-10,14-15H2,1H3. The average Bonchev–Trinajstić information content (AvgIpc) is 2.97. The van der Waals surface area contributed by atoms with Gasteiger partial charge < -0.3 is 9.84 Å². The Hall–Kier alpha value is -0.860. The molecule has 0 saturated heterocycles. The molecular formula is C19H30O2. The van der Waals surface area contributed by atoms with Gasteiger partial charge in [0.25, 0.3) is 0 Å². The zero-order chi connectivity index (χ0) is 14.9. The van der Waals surface area contributed by atoms with E-state index in [1.54, 1.807) is 0 Å². The van der Waals surface area contributed by atoms with Gasteiger partial charge in [0.05, 0.1) is 19.3 Å². The van der Waals surface area contributed by atoms with Crippen LogP contribution >= 0.6 is 0 Å². The van der Waals surface area contributed by atoms with E-state index >= 15 is 0 Å². The maximum atomic E-state index is 10.3. The fraction of sp³-hybridized carbons (Fsp3) is 0.684. The lowest BCUT2D eigenvalue weighted by atomic mass is 9.98. The number of fused-ring (bicyclic) bond motifs is 1. The maximum Gasteiger partial charge on any atom is 0.0790 e. The molecule has 1 aliphatic rings. The van der Waals surface area contributed by atoms with E-state index in [9.17, 15) is 5.11 Å². The summed E-state index contributed by atoms with van der Waals surface area (Å²) in [6, 6.07) is 6.29. The second-order valence-corrected chi connectivity index (χ2v) is 6.30. The smallest absolute Gasteiger partial charge is 0.0790 e. The van der Waals surface area contributed by atoms with Crippen molar-refractivity contribution in [2.24, 2.45) is 0 Å². The lowest BCUT2D eigenvalue weighted by molar-refractivity contribution is 0.134. The lowest BCUT2D eigenvalue weighted by Gasteiger charge is -2.12. The van der Waals surface area contributed by atoms with Gasteiger partial charge >= 0.3 is 0 Å². The molecule has 21 heavy (non-hydrogen) atoms. The molecule has 2 heteroatoms. The van der Waals surface area contributed by atoms with Crippen molar-refractivity contribution in [2.75, 3.05) is 0 Å². The highest BCUT2D eigenvalue weighted by Gasteiger charge is 2.14. The molecule has 0 aromatic heterocycles. The van der Waals surface area contributed by atoms with Gasteiger partial charge in [-0.3, -0.25) is 0 Å². The van der Waals surface area contributed by atoms with Crippen LogP contribution in [0.1, 0.15) is 87.5 Å². The quantitative estimate of drug-likeness (QED) is 0.594. The van der Waals surface area contributed by atoms with Crippen molar-refractivity contribution >= 4 is 0 Å². The third kappa shape index (κ3) is 5.44. The number of aliphatic hydroxyl groups excluding tert-OH is 1. The summed E-state index contributed by atoms with van der Waals surface area (Å²) in [5.41, 5.74) is 3.59. The first-order chi connectivity index (χ1) is 10.3. The summed E-state index contributed by atoms with van der Waals surface area (Å²) in [7, 11) is 0. The fourth-order valence-corrected chi connectivity index (χ4v) is 3.04. The largest absolute Gasteiger partial charge is 0.388 e. The first-order valence-electron chi connectivity index (χ1n) is 8.68. The molecule has 1 N–H and O–H groups in total. The van der Waals surface area contributed by atoms with E-state index in [4.69, 9.17) is 4.74 Å². The normalized spacial score (nSPS) is 15.1. The van der Waals surface area contributed by atoms with E-state index in [0.717, 1.165) is 25.0 Å². The van der Waals surface area contributed by atoms with Crippen LogP contribution in [0.4, 0.5) is 0 Å². The van der Waals surface area contributed by atoms with Crippen molar-refractivity contribution in [3.05, 3.63) is 34.9 Å². The highest BCUT2D eigenvalue weighted by atomic mass is 16.5. The van der Waals surface area contributed by atoms with Crippen molar-refractivity contribution in [3.63, 3.8) is 0 Å². The Morgan fingerprint density at radius 1 is 0.952 bits per heavy atom. The first-order valence-corrected chi connectivity index (χ1v) is 8.68. The first kappa shape index (κ1) is 16.5. The molecule has 1 heterocycles. The number of benzene rings is 1. The summed E-state index contributed by atoms with van der Waals surface area (Å²) in [5, 5.41) is 10.3. The average molecular weight is 290 g/mol. The molecule has 0 saturated carbocycles. The van der Waals surface area contributed by atoms with Gasteiger partial charge in [-0.2, -0.15) is 0 Å². The SMILES string of the molecule is CCCCCCCCCCC(O)c1ccc2c(c1)COC2. The minimum atomic E-state index is -0.309. The summed E-state index contributed by atoms with van der Waals surface area (Å²) in [4.78, 5) is 0. The minimum Gasteiger partial charge on any atom is -0.388 e. The molecule has 2 nitrogen and oxygen atoms in total. The van der Waals surface area contributed by atoms with Crippen molar-refractivity contribution in [3.8, 4) is 0 Å². The third-order valence-corrected chi connectivity index (χ3v) is 4.46. The maximum absolute atomic E-state index is 10.3. The number of unbranched alkanes of at least 4 members (excludes halogenated alkanes) is 7. The van der Waals surface area contributed by atoms with Crippen LogP contribution in [0, 0.1) is 0 Å². The predicted molar refractivity (Wildman–Crippen MR) is 87.1 cm³/mol. The van der Waals surface area contributed by atoms with E-state index in [0.29, 0.717) is 6.61 Å². The van der Waals surface area contributed by atoms with Crippen LogP contribution in [0.5, 0.6) is 0 Å². The summed E-state index contributed by atoms with van der Waals surface area (Å²) in [6.45, 7) is 3.68. The van der Waals surface area contributed by atoms with Crippen molar-refractivity contribution in [2.45, 2.75) is 84.0 Å². The Kier molecular flexibility index (Phi) is 7.25. The van der Waals surface area contributed by atoms with Crippen molar-refractivity contribution < 1.29 is 9.84 Å². The van der Waals surface area contributed by atoms with E-state index in [1.807, 2.05) is 0 Å². The molecule has 1 atom stereocenters. The molecular weight excluding hydrogens is 260 g/mol. The second-order valence-electron chi connectivity index (χ2n) is 6.30. The number of ether oxygens (including phenoxy) is 1. The molecule has 1 aromatic rings. The van der Waals surface area contributed by atoms with Crippen LogP contribution in [-0.2, 0) is 18.0 Å². The Balaban J connectivity index is 1.60. The highest BCUT2D eigenvalue weighted by molar-refractivity contribution is 5.34.